The number of hydrogen-bond acceptors (Lipinski definition) is 5. The quantitative estimate of drug-likeness (QED) is 0.348. The van der Waals surface area contributed by atoms with E-state index in [4.69, 9.17) is 21.1 Å². The second-order valence-corrected chi connectivity index (χ2v) is 7.63. The molecule has 3 rings (SSSR count). The molecule has 0 bridgehead atoms. The highest BCUT2D eigenvalue weighted by Crippen LogP contribution is 2.35. The number of nitrogens with one attached hydrogen (secondary N) is 1. The molecule has 0 saturated carbocycles. The molecule has 1 heterocycles. The summed E-state index contributed by atoms with van der Waals surface area (Å²) in [5.74, 6) is -0.613. The Morgan fingerprint density at radius 2 is 1.88 bits per heavy atom. The average Bonchev–Trinajstić information content (AvgIpc) is 2.78. The standard InChI is InChI=1S/C25H23ClN2O5/c1-5-7-17-11-16(13-21(32-4)22(17)33-10-6-2)12-19-23(29)27-25(31)28(24(19)30)20-14-18(26)9-8-15(20)3/h5-6,8-9,11-14H,1-2,7,10H2,3-4H3,(H,27,29,31)/b19-12+. The molecule has 1 saturated heterocycles. The van der Waals surface area contributed by atoms with Crippen LogP contribution in [0.1, 0.15) is 16.7 Å². The lowest BCUT2D eigenvalue weighted by Crippen LogP contribution is -2.54. The highest BCUT2D eigenvalue weighted by Gasteiger charge is 2.37. The SMILES string of the molecule is C=CCOc1c(CC=C)cc(/C=C2\C(=O)NC(=O)N(c3cc(Cl)ccc3C)C2=O)cc1OC. The summed E-state index contributed by atoms with van der Waals surface area (Å²) in [5, 5.41) is 2.57. The summed E-state index contributed by atoms with van der Waals surface area (Å²) < 4.78 is 11.2. The van der Waals surface area contributed by atoms with E-state index in [1.807, 2.05) is 0 Å². The molecule has 1 aliphatic rings. The van der Waals surface area contributed by atoms with Crippen molar-refractivity contribution in [2.45, 2.75) is 13.3 Å². The van der Waals surface area contributed by atoms with Gasteiger partial charge in [0.15, 0.2) is 11.5 Å². The van der Waals surface area contributed by atoms with Crippen molar-refractivity contribution in [3.05, 3.63) is 82.9 Å². The van der Waals surface area contributed by atoms with Gasteiger partial charge < -0.3 is 9.47 Å². The van der Waals surface area contributed by atoms with Gasteiger partial charge in [0, 0.05) is 10.6 Å². The number of barbiturate groups is 1. The number of carbonyl (C=O) groups excluding carboxylic acids is 3. The Morgan fingerprint density at radius 1 is 1.12 bits per heavy atom. The van der Waals surface area contributed by atoms with Crippen LogP contribution in [-0.2, 0) is 16.0 Å². The van der Waals surface area contributed by atoms with Crippen LogP contribution in [-0.4, -0.2) is 31.6 Å². The fraction of sp³-hybridized carbons (Fsp3) is 0.160. The Balaban J connectivity index is 2.09. The zero-order chi connectivity index (χ0) is 24.1. The number of imide groups is 2. The highest BCUT2D eigenvalue weighted by atomic mass is 35.5. The van der Waals surface area contributed by atoms with Crippen molar-refractivity contribution in [1.82, 2.24) is 5.32 Å². The molecule has 0 aliphatic carbocycles. The van der Waals surface area contributed by atoms with Gasteiger partial charge in [0.1, 0.15) is 12.2 Å². The van der Waals surface area contributed by atoms with Crippen LogP contribution < -0.4 is 19.7 Å². The minimum absolute atomic E-state index is 0.208. The summed E-state index contributed by atoms with van der Waals surface area (Å²) in [6, 6.07) is 7.40. The molecule has 2 aromatic carbocycles. The van der Waals surface area contributed by atoms with Crippen LogP contribution >= 0.6 is 11.6 Å². The molecule has 1 N–H and O–H groups in total. The Labute approximate surface area is 196 Å². The average molecular weight is 467 g/mol. The molecule has 170 valence electrons. The van der Waals surface area contributed by atoms with Crippen molar-refractivity contribution < 1.29 is 23.9 Å². The second kappa shape index (κ2) is 10.2. The van der Waals surface area contributed by atoms with E-state index in [2.05, 4.69) is 18.5 Å². The number of nitrogens with zero attached hydrogens (tertiary/aromatic N) is 1. The summed E-state index contributed by atoms with van der Waals surface area (Å²) in [7, 11) is 1.49. The summed E-state index contributed by atoms with van der Waals surface area (Å²) in [5.41, 5.74) is 2.00. The molecule has 1 aliphatic heterocycles. The Hall–Kier alpha value is -3.84. The topological polar surface area (TPSA) is 84.9 Å². The van der Waals surface area contributed by atoms with Crippen molar-refractivity contribution in [3.8, 4) is 11.5 Å². The van der Waals surface area contributed by atoms with Gasteiger partial charge >= 0.3 is 6.03 Å². The van der Waals surface area contributed by atoms with Gasteiger partial charge in [-0.3, -0.25) is 14.9 Å². The van der Waals surface area contributed by atoms with Gasteiger partial charge in [0.05, 0.1) is 12.8 Å². The van der Waals surface area contributed by atoms with Crippen LogP contribution in [0.2, 0.25) is 5.02 Å². The number of hydrogen-bond donors (Lipinski definition) is 1. The molecule has 33 heavy (non-hydrogen) atoms. The smallest absolute Gasteiger partial charge is 0.335 e. The minimum atomic E-state index is -0.842. The molecule has 1 fully saturated rings. The lowest BCUT2D eigenvalue weighted by molar-refractivity contribution is -0.122. The predicted octanol–water partition coefficient (Wildman–Crippen LogP) is 4.62. The third-order valence-corrected chi connectivity index (χ3v) is 5.14. The minimum Gasteiger partial charge on any atom is -0.493 e. The monoisotopic (exact) mass is 466 g/mol. The zero-order valence-electron chi connectivity index (χ0n) is 18.3. The second-order valence-electron chi connectivity index (χ2n) is 7.19. The normalized spacial score (nSPS) is 14.8. The number of methoxy groups -OCH3 is 1. The molecule has 8 heteroatoms. The lowest BCUT2D eigenvalue weighted by Gasteiger charge is -2.27. The molecule has 0 aromatic heterocycles. The molecular weight excluding hydrogens is 444 g/mol. The molecule has 0 radical (unpaired) electrons. The van der Waals surface area contributed by atoms with E-state index in [1.54, 1.807) is 43.3 Å². The largest absolute Gasteiger partial charge is 0.493 e. The van der Waals surface area contributed by atoms with Crippen LogP contribution in [0.3, 0.4) is 0 Å². The summed E-state index contributed by atoms with van der Waals surface area (Å²) in [6.07, 6.45) is 5.18. The van der Waals surface area contributed by atoms with Crippen molar-refractivity contribution in [2.75, 3.05) is 18.6 Å². The summed E-state index contributed by atoms with van der Waals surface area (Å²) in [6.45, 7) is 9.43. The van der Waals surface area contributed by atoms with Gasteiger partial charge in [-0.15, -0.1) is 6.58 Å². The number of amides is 4. The van der Waals surface area contributed by atoms with Crippen LogP contribution in [0.4, 0.5) is 10.5 Å². The summed E-state index contributed by atoms with van der Waals surface area (Å²) >= 11 is 6.07. The van der Waals surface area contributed by atoms with Gasteiger partial charge in [-0.25, -0.2) is 9.69 Å². The number of benzene rings is 2. The molecule has 4 amide bonds. The third-order valence-electron chi connectivity index (χ3n) is 4.91. The molecular formula is C25H23ClN2O5. The van der Waals surface area contributed by atoms with Crippen LogP contribution in [0.25, 0.3) is 6.08 Å². The van der Waals surface area contributed by atoms with Crippen molar-refractivity contribution in [2.24, 2.45) is 0 Å². The number of rotatable bonds is 8. The van der Waals surface area contributed by atoms with E-state index >= 15 is 0 Å². The predicted molar refractivity (Wildman–Crippen MR) is 128 cm³/mol. The van der Waals surface area contributed by atoms with Crippen molar-refractivity contribution in [3.63, 3.8) is 0 Å². The summed E-state index contributed by atoms with van der Waals surface area (Å²) in [4.78, 5) is 39.2. The number of allylic oxidation sites excluding steroid dienone is 1. The third kappa shape index (κ3) is 4.99. The fourth-order valence-corrected chi connectivity index (χ4v) is 3.56. The maximum atomic E-state index is 13.2. The number of ether oxygens (including phenoxy) is 2. The molecule has 7 nitrogen and oxygen atoms in total. The van der Waals surface area contributed by atoms with Crippen LogP contribution in [0.15, 0.2) is 61.2 Å². The Morgan fingerprint density at radius 3 is 2.55 bits per heavy atom. The first-order chi connectivity index (χ1) is 15.8. The van der Waals surface area contributed by atoms with E-state index in [1.165, 1.54) is 19.3 Å². The van der Waals surface area contributed by atoms with Gasteiger partial charge in [-0.2, -0.15) is 0 Å². The van der Waals surface area contributed by atoms with Crippen LogP contribution in [0.5, 0.6) is 11.5 Å². The zero-order valence-corrected chi connectivity index (χ0v) is 19.1. The van der Waals surface area contributed by atoms with E-state index < -0.39 is 17.8 Å². The number of anilines is 1. The van der Waals surface area contributed by atoms with Crippen LogP contribution in [0, 0.1) is 6.92 Å². The first-order valence-corrected chi connectivity index (χ1v) is 10.4. The van der Waals surface area contributed by atoms with Crippen molar-refractivity contribution >= 4 is 41.2 Å². The first-order valence-electron chi connectivity index (χ1n) is 10.0. The maximum absolute atomic E-state index is 13.2. The first kappa shape index (κ1) is 23.8. The maximum Gasteiger partial charge on any atom is 0.335 e. The molecule has 2 aromatic rings. The van der Waals surface area contributed by atoms with E-state index in [0.29, 0.717) is 39.8 Å². The highest BCUT2D eigenvalue weighted by molar-refractivity contribution is 6.39. The van der Waals surface area contributed by atoms with Crippen molar-refractivity contribution in [1.29, 1.82) is 0 Å². The molecule has 0 unspecified atom stereocenters. The number of halogens is 1. The number of carbonyl (C=O) groups is 3. The molecule has 0 atom stereocenters. The molecule has 0 spiro atoms. The van der Waals surface area contributed by atoms with E-state index in [9.17, 15) is 14.4 Å². The van der Waals surface area contributed by atoms with Gasteiger partial charge in [-0.1, -0.05) is 36.4 Å². The van der Waals surface area contributed by atoms with E-state index in [0.717, 1.165) is 10.5 Å². The fourth-order valence-electron chi connectivity index (χ4n) is 3.40. The van der Waals surface area contributed by atoms with E-state index in [-0.39, 0.29) is 12.2 Å². The Kier molecular flexibility index (Phi) is 7.35. The van der Waals surface area contributed by atoms with Gasteiger partial charge in [-0.05, 0) is 54.8 Å². The Bertz CT molecular complexity index is 1190. The van der Waals surface area contributed by atoms with Gasteiger partial charge in [0.25, 0.3) is 11.8 Å². The number of urea groups is 1. The lowest BCUT2D eigenvalue weighted by atomic mass is 10.0. The number of aryl methyl sites for hydroxylation is 1. The van der Waals surface area contributed by atoms with Gasteiger partial charge in [0.2, 0.25) is 0 Å².